The molecule has 10 heteroatoms. The minimum absolute atomic E-state index is 0.00980. The summed E-state index contributed by atoms with van der Waals surface area (Å²) in [5.41, 5.74) is 5.64. The molecule has 2 N–H and O–H groups in total. The lowest BCUT2D eigenvalue weighted by Gasteiger charge is -2.41. The molecule has 0 saturated carbocycles. The number of amides is 1. The van der Waals surface area contributed by atoms with Gasteiger partial charge < -0.3 is 24.6 Å². The summed E-state index contributed by atoms with van der Waals surface area (Å²) in [7, 11) is 1.68. The van der Waals surface area contributed by atoms with Gasteiger partial charge in [0.25, 0.3) is 9.70 Å². The van der Waals surface area contributed by atoms with Gasteiger partial charge in [-0.05, 0) is 46.0 Å². The molecular weight excluding hydrogens is 653 g/mol. The topological polar surface area (TPSA) is 77.0 Å². The van der Waals surface area contributed by atoms with E-state index in [0.717, 1.165) is 44.0 Å². The highest BCUT2D eigenvalue weighted by Crippen LogP contribution is 2.44. The fourth-order valence-corrected chi connectivity index (χ4v) is 6.59. The number of ether oxygens (including phenoxy) is 3. The maximum Gasteiger partial charge on any atom is 0.272 e. The number of aliphatic hydroxyl groups is 1. The molecule has 4 aromatic rings. The first-order valence-electron chi connectivity index (χ1n) is 14.5. The number of carbonyl (C=O) groups is 1. The molecule has 236 valence electrons. The van der Waals surface area contributed by atoms with Crippen LogP contribution in [0.4, 0.5) is 0 Å². The Balaban J connectivity index is 1.35. The zero-order valence-corrected chi connectivity index (χ0v) is 27.9. The minimum Gasteiger partial charge on any atom is -0.496 e. The second kappa shape index (κ2) is 15.2. The van der Waals surface area contributed by atoms with Gasteiger partial charge >= 0.3 is 0 Å². The molecule has 1 aliphatic rings. The molecule has 45 heavy (non-hydrogen) atoms. The fourth-order valence-electron chi connectivity index (χ4n) is 5.20. The lowest BCUT2D eigenvalue weighted by Crippen LogP contribution is -2.38. The maximum absolute atomic E-state index is 12.0. The van der Waals surface area contributed by atoms with Crippen LogP contribution in [-0.4, -0.2) is 33.8 Å². The number of para-hydroxylation sites is 1. The number of alkyl halides is 3. The zero-order chi connectivity index (χ0) is 32.0. The lowest BCUT2D eigenvalue weighted by molar-refractivity contribution is -0.268. The average molecular weight is 687 g/mol. The largest absolute Gasteiger partial charge is 0.496 e. The summed E-state index contributed by atoms with van der Waals surface area (Å²) in [4.78, 5) is 13.0. The summed E-state index contributed by atoms with van der Waals surface area (Å²) < 4.78 is 16.8. The molecule has 4 aromatic carbocycles. The van der Waals surface area contributed by atoms with Gasteiger partial charge in [0.05, 0.1) is 25.9 Å². The fraction of sp³-hybridized carbons (Fsp3) is 0.286. The average Bonchev–Trinajstić information content (AvgIpc) is 3.06. The van der Waals surface area contributed by atoms with Crippen LogP contribution >= 0.6 is 46.6 Å². The van der Waals surface area contributed by atoms with Crippen molar-refractivity contribution in [3.8, 4) is 16.9 Å². The van der Waals surface area contributed by atoms with Crippen molar-refractivity contribution < 1.29 is 24.1 Å². The minimum atomic E-state index is -2.01. The Hall–Kier alpha value is -2.75. The third-order valence-corrected chi connectivity index (χ3v) is 9.41. The number of benzene rings is 4. The highest BCUT2D eigenvalue weighted by Gasteiger charge is 2.38. The number of carbonyl (C=O) groups excluding carboxylic acids is 1. The quantitative estimate of drug-likeness (QED) is 0.129. The molecule has 1 heterocycles. The molecule has 0 bridgehead atoms. The first kappa shape index (κ1) is 33.6. The zero-order valence-electron chi connectivity index (χ0n) is 24.8. The first-order chi connectivity index (χ1) is 21.7. The van der Waals surface area contributed by atoms with Gasteiger partial charge in [-0.25, -0.2) is 0 Å². The van der Waals surface area contributed by atoms with Crippen LogP contribution in [0.3, 0.4) is 0 Å². The van der Waals surface area contributed by atoms with E-state index < -0.39 is 16.0 Å². The summed E-state index contributed by atoms with van der Waals surface area (Å²) in [6.07, 6.45) is -0.899. The Labute approximate surface area is 282 Å². The SMILES string of the molecule is COc1ccccc1SCC1OC(c2ccc(-c3cccc(CNC(=O)C(Cl)(Cl)Cl)c3)cc2)OC(c2ccc(CO)cc2)C1C. The molecule has 0 aromatic heterocycles. The molecular formula is C35H34Cl3NO5S. The van der Waals surface area contributed by atoms with Crippen molar-refractivity contribution in [2.75, 3.05) is 12.9 Å². The molecule has 0 spiro atoms. The summed E-state index contributed by atoms with van der Waals surface area (Å²) in [5.74, 6) is 0.938. The molecule has 1 fully saturated rings. The predicted octanol–water partition coefficient (Wildman–Crippen LogP) is 8.42. The molecule has 5 rings (SSSR count). The molecule has 1 aliphatic heterocycles. The van der Waals surface area contributed by atoms with Crippen molar-refractivity contribution >= 4 is 52.5 Å². The number of nitrogens with one attached hydrogen (secondary N) is 1. The molecule has 0 radical (unpaired) electrons. The van der Waals surface area contributed by atoms with Crippen LogP contribution < -0.4 is 10.1 Å². The number of hydrogen-bond acceptors (Lipinski definition) is 6. The van der Waals surface area contributed by atoms with Gasteiger partial charge in [-0.2, -0.15) is 0 Å². The van der Waals surface area contributed by atoms with E-state index in [1.54, 1.807) is 18.9 Å². The highest BCUT2D eigenvalue weighted by molar-refractivity contribution is 7.99. The number of thioether (sulfide) groups is 1. The van der Waals surface area contributed by atoms with Crippen LogP contribution in [0.5, 0.6) is 5.75 Å². The van der Waals surface area contributed by atoms with Gasteiger partial charge in [0.1, 0.15) is 5.75 Å². The monoisotopic (exact) mass is 685 g/mol. The lowest BCUT2D eigenvalue weighted by atomic mass is 9.91. The first-order valence-corrected chi connectivity index (χ1v) is 16.6. The van der Waals surface area contributed by atoms with Crippen molar-refractivity contribution in [3.63, 3.8) is 0 Å². The molecule has 6 nitrogen and oxygen atoms in total. The number of halogens is 3. The van der Waals surface area contributed by atoms with E-state index in [4.69, 9.17) is 49.0 Å². The van der Waals surface area contributed by atoms with E-state index in [1.807, 2.05) is 91.0 Å². The molecule has 1 amide bonds. The number of hydrogen-bond donors (Lipinski definition) is 2. The molecule has 4 unspecified atom stereocenters. The van der Waals surface area contributed by atoms with E-state index in [2.05, 4.69) is 18.3 Å². The Bertz CT molecular complexity index is 1580. The normalized spacial score (nSPS) is 20.0. The predicted molar refractivity (Wildman–Crippen MR) is 181 cm³/mol. The van der Waals surface area contributed by atoms with Crippen LogP contribution in [0.1, 0.15) is 41.6 Å². The Morgan fingerprint density at radius 1 is 0.889 bits per heavy atom. The number of methoxy groups -OCH3 is 1. The van der Waals surface area contributed by atoms with Crippen molar-refractivity contribution in [2.24, 2.45) is 5.92 Å². The maximum atomic E-state index is 12.0. The van der Waals surface area contributed by atoms with Crippen molar-refractivity contribution in [1.82, 2.24) is 5.32 Å². The smallest absolute Gasteiger partial charge is 0.272 e. The van der Waals surface area contributed by atoms with Crippen LogP contribution in [0, 0.1) is 5.92 Å². The molecule has 0 aliphatic carbocycles. The van der Waals surface area contributed by atoms with E-state index >= 15 is 0 Å². The van der Waals surface area contributed by atoms with Gasteiger partial charge in [0.2, 0.25) is 0 Å². The van der Waals surface area contributed by atoms with Gasteiger partial charge in [0.15, 0.2) is 6.29 Å². The van der Waals surface area contributed by atoms with Gasteiger partial charge in [-0.1, -0.05) is 121 Å². The van der Waals surface area contributed by atoms with Gasteiger partial charge in [0, 0.05) is 28.7 Å². The Morgan fingerprint density at radius 2 is 1.60 bits per heavy atom. The number of aliphatic hydroxyl groups excluding tert-OH is 1. The highest BCUT2D eigenvalue weighted by atomic mass is 35.6. The van der Waals surface area contributed by atoms with E-state index in [9.17, 15) is 9.90 Å². The van der Waals surface area contributed by atoms with E-state index in [0.29, 0.717) is 5.75 Å². The summed E-state index contributed by atoms with van der Waals surface area (Å²) in [6, 6.07) is 31.8. The van der Waals surface area contributed by atoms with Crippen LogP contribution in [-0.2, 0) is 27.4 Å². The van der Waals surface area contributed by atoms with Crippen molar-refractivity contribution in [3.05, 3.63) is 119 Å². The summed E-state index contributed by atoms with van der Waals surface area (Å²) in [5, 5.41) is 12.2. The van der Waals surface area contributed by atoms with E-state index in [1.165, 1.54) is 0 Å². The molecule has 1 saturated heterocycles. The number of rotatable bonds is 10. The third-order valence-electron chi connectivity index (χ3n) is 7.75. The van der Waals surface area contributed by atoms with Crippen LogP contribution in [0.2, 0.25) is 0 Å². The van der Waals surface area contributed by atoms with Crippen LogP contribution in [0.15, 0.2) is 102 Å². The second-order valence-electron chi connectivity index (χ2n) is 10.8. The summed E-state index contributed by atoms with van der Waals surface area (Å²) in [6.45, 7) is 2.37. The Morgan fingerprint density at radius 3 is 2.29 bits per heavy atom. The standard InChI is InChI=1S/C35H34Cl3NO5S/c1-22-30(21-45-31-9-4-3-8-29(31)42-2)43-33(44-32(22)26-12-10-23(20-40)11-13-26)27-16-14-25(15-17-27)28-7-5-6-24(18-28)19-39-34(41)35(36,37)38/h3-18,22,30,32-33,40H,19-21H2,1-2H3,(H,39,41). The summed E-state index contributed by atoms with van der Waals surface area (Å²) >= 11 is 18.7. The molecule has 4 atom stereocenters. The van der Waals surface area contributed by atoms with Crippen molar-refractivity contribution in [1.29, 1.82) is 0 Å². The van der Waals surface area contributed by atoms with Gasteiger partial charge in [-0.15, -0.1) is 11.8 Å². The Kier molecular flexibility index (Phi) is 11.4. The third kappa shape index (κ3) is 8.54. The second-order valence-corrected chi connectivity index (χ2v) is 14.1. The van der Waals surface area contributed by atoms with Crippen molar-refractivity contribution in [2.45, 2.75) is 47.3 Å². The van der Waals surface area contributed by atoms with E-state index in [-0.39, 0.29) is 31.3 Å². The van der Waals surface area contributed by atoms with Crippen LogP contribution in [0.25, 0.3) is 11.1 Å². The van der Waals surface area contributed by atoms with Gasteiger partial charge in [-0.3, -0.25) is 4.79 Å².